The van der Waals surface area contributed by atoms with Crippen molar-refractivity contribution in [3.05, 3.63) is 65.3 Å². The molecule has 0 atom stereocenters. The fourth-order valence-corrected chi connectivity index (χ4v) is 3.76. The lowest BCUT2D eigenvalue weighted by Gasteiger charge is -2.23. The highest BCUT2D eigenvalue weighted by atomic mass is 35.5. The van der Waals surface area contributed by atoms with E-state index in [-0.39, 0.29) is 11.7 Å². The number of fused-ring (bicyclic) bond motifs is 1. The van der Waals surface area contributed by atoms with Crippen molar-refractivity contribution in [1.82, 2.24) is 9.97 Å². The summed E-state index contributed by atoms with van der Waals surface area (Å²) in [6.07, 6.45) is 4.76. The molecule has 0 bridgehead atoms. The molecule has 0 saturated carbocycles. The number of hydrogen-bond donors (Lipinski definition) is 0. The van der Waals surface area contributed by atoms with E-state index in [1.165, 1.54) is 17.6 Å². The average molecular weight is 388 g/mol. The molecule has 1 aromatic carbocycles. The SMILES string of the molecule is O=C(C1=COCCO1)N(Cc1cccnc1)c1nc2ccc(Cl)cc2s1. The van der Waals surface area contributed by atoms with Gasteiger partial charge in [0.25, 0.3) is 5.91 Å². The lowest BCUT2D eigenvalue weighted by atomic mass is 10.2. The lowest BCUT2D eigenvalue weighted by Crippen LogP contribution is -2.33. The Labute approximate surface area is 158 Å². The minimum absolute atomic E-state index is 0.164. The third-order valence-electron chi connectivity index (χ3n) is 3.74. The van der Waals surface area contributed by atoms with Crippen LogP contribution in [0.5, 0.6) is 0 Å². The Kier molecular flexibility index (Phi) is 4.73. The first-order valence-electron chi connectivity index (χ1n) is 7.92. The summed E-state index contributed by atoms with van der Waals surface area (Å²) in [4.78, 5) is 23.3. The van der Waals surface area contributed by atoms with Crippen molar-refractivity contribution in [2.24, 2.45) is 0 Å². The minimum Gasteiger partial charge on any atom is -0.494 e. The van der Waals surface area contributed by atoms with Crippen molar-refractivity contribution in [2.45, 2.75) is 6.54 Å². The number of thiazole rings is 1. The number of nitrogens with zero attached hydrogens (tertiary/aromatic N) is 3. The van der Waals surface area contributed by atoms with Crippen molar-refractivity contribution in [3.8, 4) is 0 Å². The Hall–Kier alpha value is -2.64. The normalized spacial score (nSPS) is 13.7. The number of aromatic nitrogens is 2. The molecule has 0 spiro atoms. The Morgan fingerprint density at radius 3 is 3.00 bits per heavy atom. The summed E-state index contributed by atoms with van der Waals surface area (Å²) in [6, 6.07) is 9.19. The molecule has 0 unspecified atom stereocenters. The smallest absolute Gasteiger partial charge is 0.298 e. The van der Waals surface area contributed by atoms with E-state index in [2.05, 4.69) is 9.97 Å². The molecule has 1 amide bonds. The van der Waals surface area contributed by atoms with Crippen LogP contribution >= 0.6 is 22.9 Å². The molecule has 26 heavy (non-hydrogen) atoms. The Morgan fingerprint density at radius 2 is 2.23 bits per heavy atom. The molecule has 132 valence electrons. The molecule has 2 aromatic heterocycles. The van der Waals surface area contributed by atoms with E-state index >= 15 is 0 Å². The summed E-state index contributed by atoms with van der Waals surface area (Å²) in [5.41, 5.74) is 1.67. The molecule has 6 nitrogen and oxygen atoms in total. The van der Waals surface area contributed by atoms with Gasteiger partial charge in [-0.05, 0) is 29.8 Å². The zero-order chi connectivity index (χ0) is 17.9. The summed E-state index contributed by atoms with van der Waals surface area (Å²) >= 11 is 7.46. The molecule has 0 N–H and O–H groups in total. The van der Waals surface area contributed by atoms with E-state index in [9.17, 15) is 4.79 Å². The molecular weight excluding hydrogens is 374 g/mol. The van der Waals surface area contributed by atoms with E-state index in [0.29, 0.717) is 29.9 Å². The van der Waals surface area contributed by atoms with Crippen LogP contribution in [0.4, 0.5) is 5.13 Å². The number of halogens is 1. The molecule has 1 aliphatic heterocycles. The first-order chi connectivity index (χ1) is 12.7. The Balaban J connectivity index is 1.73. The molecule has 4 rings (SSSR count). The second-order valence-corrected chi connectivity index (χ2v) is 7.01. The van der Waals surface area contributed by atoms with Crippen LogP contribution in [0.15, 0.2) is 54.7 Å². The largest absolute Gasteiger partial charge is 0.494 e. The van der Waals surface area contributed by atoms with E-state index < -0.39 is 0 Å². The maximum Gasteiger partial charge on any atom is 0.298 e. The first-order valence-corrected chi connectivity index (χ1v) is 9.11. The average Bonchev–Trinajstić information content (AvgIpc) is 3.10. The number of anilines is 1. The van der Waals surface area contributed by atoms with Crippen LogP contribution < -0.4 is 4.90 Å². The number of carbonyl (C=O) groups excluding carboxylic acids is 1. The summed E-state index contributed by atoms with van der Waals surface area (Å²) in [5, 5.41) is 1.19. The molecule has 1 aliphatic rings. The fraction of sp³-hybridized carbons (Fsp3) is 0.167. The maximum absolute atomic E-state index is 13.0. The van der Waals surface area contributed by atoms with Gasteiger partial charge < -0.3 is 9.47 Å². The summed E-state index contributed by atoms with van der Waals surface area (Å²) in [5.74, 6) is -0.142. The number of ether oxygens (including phenoxy) is 2. The lowest BCUT2D eigenvalue weighted by molar-refractivity contribution is -0.119. The molecular formula is C18H14ClN3O3S. The number of rotatable bonds is 4. The van der Waals surface area contributed by atoms with Crippen LogP contribution in [-0.2, 0) is 20.8 Å². The van der Waals surface area contributed by atoms with Crippen molar-refractivity contribution in [3.63, 3.8) is 0 Å². The van der Waals surface area contributed by atoms with Crippen LogP contribution in [-0.4, -0.2) is 29.1 Å². The monoisotopic (exact) mass is 387 g/mol. The second kappa shape index (κ2) is 7.31. The van der Waals surface area contributed by atoms with Crippen molar-refractivity contribution < 1.29 is 14.3 Å². The summed E-state index contributed by atoms with van der Waals surface area (Å²) in [6.45, 7) is 1.09. The highest BCUT2D eigenvalue weighted by Gasteiger charge is 2.26. The Bertz CT molecular complexity index is 974. The Morgan fingerprint density at radius 1 is 1.31 bits per heavy atom. The van der Waals surface area contributed by atoms with Gasteiger partial charge in [0.2, 0.25) is 5.76 Å². The molecule has 0 aliphatic carbocycles. The third-order valence-corrected chi connectivity index (χ3v) is 5.01. The topological polar surface area (TPSA) is 64.6 Å². The molecule has 0 fully saturated rings. The van der Waals surface area contributed by atoms with E-state index in [0.717, 1.165) is 15.8 Å². The highest BCUT2D eigenvalue weighted by Crippen LogP contribution is 2.32. The third kappa shape index (κ3) is 3.49. The van der Waals surface area contributed by atoms with Crippen LogP contribution in [0.1, 0.15) is 5.56 Å². The van der Waals surface area contributed by atoms with Crippen LogP contribution in [0, 0.1) is 0 Å². The summed E-state index contributed by atoms with van der Waals surface area (Å²) < 4.78 is 11.6. The fourth-order valence-electron chi connectivity index (χ4n) is 2.52. The predicted molar refractivity (Wildman–Crippen MR) is 100 cm³/mol. The van der Waals surface area contributed by atoms with E-state index in [1.807, 2.05) is 24.3 Å². The first kappa shape index (κ1) is 16.8. The number of amides is 1. The van der Waals surface area contributed by atoms with E-state index in [1.54, 1.807) is 23.4 Å². The van der Waals surface area contributed by atoms with Crippen LogP contribution in [0.2, 0.25) is 5.02 Å². The van der Waals surface area contributed by atoms with Gasteiger partial charge in [-0.2, -0.15) is 0 Å². The van der Waals surface area contributed by atoms with Gasteiger partial charge in [-0.1, -0.05) is 29.0 Å². The molecule has 0 radical (unpaired) electrons. The zero-order valence-corrected chi connectivity index (χ0v) is 15.2. The number of hydrogen-bond acceptors (Lipinski definition) is 6. The number of pyridine rings is 1. The quantitative estimate of drug-likeness (QED) is 0.681. The van der Waals surface area contributed by atoms with Crippen LogP contribution in [0.25, 0.3) is 10.2 Å². The number of carbonyl (C=O) groups is 1. The van der Waals surface area contributed by atoms with Gasteiger partial charge in [0.1, 0.15) is 19.5 Å². The highest BCUT2D eigenvalue weighted by molar-refractivity contribution is 7.22. The summed E-state index contributed by atoms with van der Waals surface area (Å²) in [7, 11) is 0. The van der Waals surface area contributed by atoms with Crippen molar-refractivity contribution >= 4 is 44.2 Å². The van der Waals surface area contributed by atoms with Gasteiger partial charge in [0, 0.05) is 17.4 Å². The van der Waals surface area contributed by atoms with Gasteiger partial charge in [-0.3, -0.25) is 14.7 Å². The molecule has 0 saturated heterocycles. The maximum atomic E-state index is 13.0. The van der Waals surface area contributed by atoms with Gasteiger partial charge in [0.15, 0.2) is 5.13 Å². The van der Waals surface area contributed by atoms with E-state index in [4.69, 9.17) is 21.1 Å². The number of benzene rings is 1. The molecule has 8 heteroatoms. The van der Waals surface area contributed by atoms with Crippen molar-refractivity contribution in [2.75, 3.05) is 18.1 Å². The van der Waals surface area contributed by atoms with Gasteiger partial charge in [-0.25, -0.2) is 4.98 Å². The van der Waals surface area contributed by atoms with Crippen LogP contribution in [0.3, 0.4) is 0 Å². The molecule has 3 heterocycles. The van der Waals surface area contributed by atoms with Crippen molar-refractivity contribution in [1.29, 1.82) is 0 Å². The zero-order valence-electron chi connectivity index (χ0n) is 13.6. The minimum atomic E-state index is -0.307. The standard InChI is InChI=1S/C18H14ClN3O3S/c19-13-3-4-14-16(8-13)26-18(21-14)22(10-12-2-1-5-20-9-12)17(23)15-11-24-6-7-25-15/h1-5,8-9,11H,6-7,10H2. The van der Waals surface area contributed by atoms with Gasteiger partial charge >= 0.3 is 0 Å². The van der Waals surface area contributed by atoms with Gasteiger partial charge in [0.05, 0.1) is 16.8 Å². The molecule has 3 aromatic rings. The predicted octanol–water partition coefficient (Wildman–Crippen LogP) is 3.77. The van der Waals surface area contributed by atoms with Gasteiger partial charge in [-0.15, -0.1) is 0 Å². The second-order valence-electron chi connectivity index (χ2n) is 5.56.